The van der Waals surface area contributed by atoms with Gasteiger partial charge >= 0.3 is 0 Å². The molecule has 0 bridgehead atoms. The summed E-state index contributed by atoms with van der Waals surface area (Å²) in [6.45, 7) is 2.25. The van der Waals surface area contributed by atoms with Crippen LogP contribution in [0.2, 0.25) is 0 Å². The minimum atomic E-state index is -3.64. The minimum absolute atomic E-state index is 0.0582. The Kier molecular flexibility index (Phi) is 4.26. The van der Waals surface area contributed by atoms with Gasteiger partial charge in [0.15, 0.2) is 9.84 Å². The van der Waals surface area contributed by atoms with Crippen molar-refractivity contribution >= 4 is 15.5 Å². The van der Waals surface area contributed by atoms with Gasteiger partial charge in [-0.25, -0.2) is 12.8 Å². The molecule has 0 fully saturated rings. The number of nitrogen functional groups attached to an aromatic ring is 1. The molecule has 0 amide bonds. The molecule has 0 saturated carbocycles. The Morgan fingerprint density at radius 1 is 1.44 bits per heavy atom. The molecule has 1 aromatic carbocycles. The van der Waals surface area contributed by atoms with Gasteiger partial charge in [0.25, 0.3) is 0 Å². The highest BCUT2D eigenvalue weighted by atomic mass is 32.2. The number of ether oxygens (including phenoxy) is 1. The summed E-state index contributed by atoms with van der Waals surface area (Å²) in [7, 11) is -3.64. The first-order chi connectivity index (χ1) is 7.47. The largest absolute Gasteiger partial charge is 0.399 e. The summed E-state index contributed by atoms with van der Waals surface area (Å²) in [6, 6.07) is 3.52. The molecular weight excluding hydrogens is 233 g/mol. The fraction of sp³-hybridized carbons (Fsp3) is 0.400. The second-order valence-corrected chi connectivity index (χ2v) is 5.28. The molecule has 0 spiro atoms. The van der Waals surface area contributed by atoms with Gasteiger partial charge in [-0.1, -0.05) is 0 Å². The van der Waals surface area contributed by atoms with Gasteiger partial charge in [0.2, 0.25) is 0 Å². The van der Waals surface area contributed by atoms with Gasteiger partial charge in [-0.3, -0.25) is 0 Å². The Morgan fingerprint density at radius 2 is 2.12 bits per heavy atom. The van der Waals surface area contributed by atoms with E-state index in [0.29, 0.717) is 6.61 Å². The van der Waals surface area contributed by atoms with E-state index in [0.717, 1.165) is 6.07 Å². The van der Waals surface area contributed by atoms with E-state index in [2.05, 4.69) is 0 Å². The summed E-state index contributed by atoms with van der Waals surface area (Å²) in [6.07, 6.45) is 0. The highest BCUT2D eigenvalue weighted by Gasteiger charge is 2.18. The topological polar surface area (TPSA) is 69.4 Å². The fourth-order valence-electron chi connectivity index (χ4n) is 1.19. The number of hydrogen-bond acceptors (Lipinski definition) is 4. The van der Waals surface area contributed by atoms with E-state index in [-0.39, 0.29) is 22.9 Å². The van der Waals surface area contributed by atoms with E-state index in [4.69, 9.17) is 10.5 Å². The Balaban J connectivity index is 2.90. The Hall–Kier alpha value is -1.14. The van der Waals surface area contributed by atoms with Crippen molar-refractivity contribution in [3.63, 3.8) is 0 Å². The third-order valence-corrected chi connectivity index (χ3v) is 3.70. The van der Waals surface area contributed by atoms with E-state index >= 15 is 0 Å². The van der Waals surface area contributed by atoms with Crippen LogP contribution >= 0.6 is 0 Å². The molecule has 0 unspecified atom stereocenters. The number of anilines is 1. The first-order valence-corrected chi connectivity index (χ1v) is 6.48. The van der Waals surface area contributed by atoms with E-state index in [1.165, 1.54) is 12.1 Å². The maximum Gasteiger partial charge on any atom is 0.183 e. The number of nitrogens with two attached hydrogens (primary N) is 1. The van der Waals surface area contributed by atoms with Gasteiger partial charge in [0.1, 0.15) is 10.7 Å². The predicted molar refractivity (Wildman–Crippen MR) is 59.4 cm³/mol. The van der Waals surface area contributed by atoms with Crippen LogP contribution in [0, 0.1) is 5.82 Å². The van der Waals surface area contributed by atoms with Crippen molar-refractivity contribution in [2.75, 3.05) is 24.7 Å². The average molecular weight is 247 g/mol. The van der Waals surface area contributed by atoms with Gasteiger partial charge in [0, 0.05) is 12.3 Å². The SMILES string of the molecule is CCOCCS(=O)(=O)c1ccc(N)cc1F. The number of hydrogen-bond donors (Lipinski definition) is 1. The summed E-state index contributed by atoms with van der Waals surface area (Å²) < 4.78 is 41.6. The number of sulfone groups is 1. The fourth-order valence-corrected chi connectivity index (χ4v) is 2.38. The maximum absolute atomic E-state index is 13.4. The van der Waals surface area contributed by atoms with Crippen molar-refractivity contribution in [3.8, 4) is 0 Å². The summed E-state index contributed by atoms with van der Waals surface area (Å²) in [5, 5.41) is 0. The van der Waals surface area contributed by atoms with Gasteiger partial charge in [-0.05, 0) is 25.1 Å². The molecule has 16 heavy (non-hydrogen) atoms. The van der Waals surface area contributed by atoms with Crippen LogP contribution in [0.4, 0.5) is 10.1 Å². The molecule has 1 aromatic rings. The van der Waals surface area contributed by atoms with Crippen LogP contribution in [-0.2, 0) is 14.6 Å². The summed E-state index contributed by atoms with van der Waals surface area (Å²) in [5.41, 5.74) is 5.53. The lowest BCUT2D eigenvalue weighted by Gasteiger charge is -2.06. The molecule has 4 nitrogen and oxygen atoms in total. The van der Waals surface area contributed by atoms with Crippen LogP contribution in [0.25, 0.3) is 0 Å². The Morgan fingerprint density at radius 3 is 2.69 bits per heavy atom. The van der Waals surface area contributed by atoms with Gasteiger partial charge < -0.3 is 10.5 Å². The van der Waals surface area contributed by atoms with Crippen LogP contribution in [0.1, 0.15) is 6.92 Å². The average Bonchev–Trinajstić information content (AvgIpc) is 2.17. The quantitative estimate of drug-likeness (QED) is 0.627. The van der Waals surface area contributed by atoms with Crippen LogP contribution in [-0.4, -0.2) is 27.4 Å². The molecule has 6 heteroatoms. The molecule has 0 aliphatic carbocycles. The molecule has 0 heterocycles. The molecule has 1 rings (SSSR count). The van der Waals surface area contributed by atoms with Crippen molar-refractivity contribution in [1.29, 1.82) is 0 Å². The highest BCUT2D eigenvalue weighted by molar-refractivity contribution is 7.91. The molecule has 0 saturated heterocycles. The molecule has 0 atom stereocenters. The Bertz CT molecular complexity index is 459. The molecular formula is C10H14FNO3S. The lowest BCUT2D eigenvalue weighted by molar-refractivity contribution is 0.163. The zero-order valence-corrected chi connectivity index (χ0v) is 9.76. The zero-order valence-electron chi connectivity index (χ0n) is 8.94. The molecule has 0 aromatic heterocycles. The third kappa shape index (κ3) is 3.18. The van der Waals surface area contributed by atoms with Crippen LogP contribution in [0.3, 0.4) is 0 Å². The van der Waals surface area contributed by atoms with Gasteiger partial charge in [-0.15, -0.1) is 0 Å². The van der Waals surface area contributed by atoms with Crippen molar-refractivity contribution in [1.82, 2.24) is 0 Å². The van der Waals surface area contributed by atoms with Crippen molar-refractivity contribution in [2.45, 2.75) is 11.8 Å². The second kappa shape index (κ2) is 5.27. The smallest absolute Gasteiger partial charge is 0.183 e. The van der Waals surface area contributed by atoms with E-state index in [1.807, 2.05) is 0 Å². The van der Waals surface area contributed by atoms with Crippen LogP contribution < -0.4 is 5.73 Å². The van der Waals surface area contributed by atoms with E-state index in [1.54, 1.807) is 6.92 Å². The van der Waals surface area contributed by atoms with Crippen LogP contribution in [0.15, 0.2) is 23.1 Å². The lowest BCUT2D eigenvalue weighted by atomic mass is 10.3. The van der Waals surface area contributed by atoms with E-state index < -0.39 is 15.7 Å². The summed E-state index contributed by atoms with van der Waals surface area (Å²) >= 11 is 0. The minimum Gasteiger partial charge on any atom is -0.399 e. The lowest BCUT2D eigenvalue weighted by Crippen LogP contribution is -2.14. The van der Waals surface area contributed by atoms with E-state index in [9.17, 15) is 12.8 Å². The third-order valence-electron chi connectivity index (χ3n) is 1.99. The molecule has 90 valence electrons. The van der Waals surface area contributed by atoms with Crippen molar-refractivity contribution in [2.24, 2.45) is 0 Å². The molecule has 2 N–H and O–H groups in total. The molecule has 0 radical (unpaired) electrons. The Labute approximate surface area is 94.1 Å². The number of benzene rings is 1. The van der Waals surface area contributed by atoms with Crippen molar-refractivity contribution < 1.29 is 17.5 Å². The molecule has 0 aliphatic heterocycles. The molecule has 0 aliphatic rings. The number of halogens is 1. The van der Waals surface area contributed by atoms with Crippen molar-refractivity contribution in [3.05, 3.63) is 24.0 Å². The van der Waals surface area contributed by atoms with Gasteiger partial charge in [-0.2, -0.15) is 0 Å². The monoisotopic (exact) mass is 247 g/mol. The van der Waals surface area contributed by atoms with Gasteiger partial charge in [0.05, 0.1) is 12.4 Å². The maximum atomic E-state index is 13.4. The highest BCUT2D eigenvalue weighted by Crippen LogP contribution is 2.18. The summed E-state index contributed by atoms with van der Waals surface area (Å²) in [4.78, 5) is -0.332. The second-order valence-electron chi connectivity index (χ2n) is 3.21. The first-order valence-electron chi connectivity index (χ1n) is 4.83. The first kappa shape index (κ1) is 12.9. The zero-order chi connectivity index (χ0) is 12.2. The predicted octanol–water partition coefficient (Wildman–Crippen LogP) is 1.22. The summed E-state index contributed by atoms with van der Waals surface area (Å²) in [5.74, 6) is -1.06. The normalized spacial score (nSPS) is 11.6. The van der Waals surface area contributed by atoms with Crippen LogP contribution in [0.5, 0.6) is 0 Å². The standard InChI is InChI=1S/C10H14FNO3S/c1-2-15-5-6-16(13,14)10-4-3-8(12)7-9(10)11/h3-4,7H,2,5-6,12H2,1H3. The number of rotatable bonds is 5.